The summed E-state index contributed by atoms with van der Waals surface area (Å²) in [6.07, 6.45) is 0.911. The van der Waals surface area contributed by atoms with Crippen molar-refractivity contribution >= 4 is 11.6 Å². The Morgan fingerprint density at radius 2 is 2.25 bits per heavy atom. The van der Waals surface area contributed by atoms with Crippen molar-refractivity contribution < 1.29 is 9.72 Å². The van der Waals surface area contributed by atoms with E-state index in [4.69, 9.17) is 5.73 Å². The summed E-state index contributed by atoms with van der Waals surface area (Å²) in [5.41, 5.74) is 6.83. The molecule has 6 heteroatoms. The minimum Gasteiger partial charge on any atom is -0.336 e. The molecule has 1 saturated heterocycles. The third kappa shape index (κ3) is 2.65. The van der Waals surface area contributed by atoms with Crippen LogP contribution in [0.4, 0.5) is 5.69 Å². The molecule has 2 rings (SSSR count). The Kier molecular flexibility index (Phi) is 4.04. The van der Waals surface area contributed by atoms with Gasteiger partial charge in [0.2, 0.25) is 0 Å². The van der Waals surface area contributed by atoms with Crippen LogP contribution in [-0.2, 0) is 0 Å². The van der Waals surface area contributed by atoms with Crippen LogP contribution in [0.5, 0.6) is 0 Å². The van der Waals surface area contributed by atoms with Crippen LogP contribution in [-0.4, -0.2) is 34.9 Å². The van der Waals surface area contributed by atoms with Crippen LogP contribution >= 0.6 is 0 Å². The molecule has 0 aliphatic carbocycles. The largest absolute Gasteiger partial charge is 0.336 e. The molecule has 0 radical (unpaired) electrons. The predicted molar refractivity (Wildman–Crippen MR) is 75.5 cm³/mol. The van der Waals surface area contributed by atoms with Crippen molar-refractivity contribution in [2.24, 2.45) is 11.7 Å². The van der Waals surface area contributed by atoms with E-state index < -0.39 is 4.92 Å². The van der Waals surface area contributed by atoms with Crippen LogP contribution in [0.15, 0.2) is 18.2 Å². The van der Waals surface area contributed by atoms with E-state index in [1.807, 2.05) is 11.8 Å². The normalized spacial score (nSPS) is 22.1. The minimum atomic E-state index is -0.454. The lowest BCUT2D eigenvalue weighted by atomic mass is 10.1. The van der Waals surface area contributed by atoms with Crippen molar-refractivity contribution in [3.05, 3.63) is 39.4 Å². The second kappa shape index (κ2) is 5.58. The number of benzene rings is 1. The quantitative estimate of drug-likeness (QED) is 0.672. The third-order valence-electron chi connectivity index (χ3n) is 3.91. The predicted octanol–water partition coefficient (Wildman–Crippen LogP) is 1.71. The lowest BCUT2D eigenvalue weighted by Gasteiger charge is -2.22. The van der Waals surface area contributed by atoms with Crippen LogP contribution in [0.25, 0.3) is 0 Å². The lowest BCUT2D eigenvalue weighted by Crippen LogP contribution is -2.34. The second-order valence-electron chi connectivity index (χ2n) is 5.40. The van der Waals surface area contributed by atoms with Gasteiger partial charge in [-0.25, -0.2) is 0 Å². The zero-order valence-electron chi connectivity index (χ0n) is 11.7. The molecule has 1 amide bonds. The second-order valence-corrected chi connectivity index (χ2v) is 5.40. The van der Waals surface area contributed by atoms with Crippen molar-refractivity contribution in [1.29, 1.82) is 0 Å². The van der Waals surface area contributed by atoms with Gasteiger partial charge in [-0.2, -0.15) is 0 Å². The van der Waals surface area contributed by atoms with Crippen LogP contribution < -0.4 is 5.73 Å². The monoisotopic (exact) mass is 277 g/mol. The number of likely N-dealkylation sites (tertiary alicyclic amines) is 1. The Morgan fingerprint density at radius 3 is 2.75 bits per heavy atom. The molecule has 6 nitrogen and oxygen atoms in total. The number of rotatable bonds is 3. The first-order chi connectivity index (χ1) is 9.43. The molecule has 0 saturated carbocycles. The lowest BCUT2D eigenvalue weighted by molar-refractivity contribution is -0.384. The van der Waals surface area contributed by atoms with Crippen LogP contribution in [0.2, 0.25) is 0 Å². The summed E-state index contributed by atoms with van der Waals surface area (Å²) in [5, 5.41) is 10.7. The van der Waals surface area contributed by atoms with Gasteiger partial charge in [0.25, 0.3) is 11.6 Å². The van der Waals surface area contributed by atoms with Crippen LogP contribution in [0.1, 0.15) is 29.3 Å². The number of hydrogen-bond donors (Lipinski definition) is 1. The minimum absolute atomic E-state index is 0.00774. The van der Waals surface area contributed by atoms with E-state index in [9.17, 15) is 14.9 Å². The fourth-order valence-corrected chi connectivity index (χ4v) is 2.75. The number of non-ortho nitro benzene ring substituents is 1. The number of nitrogens with two attached hydrogens (primary N) is 1. The summed E-state index contributed by atoms with van der Waals surface area (Å²) in [6, 6.07) is 4.51. The maximum atomic E-state index is 12.5. The topological polar surface area (TPSA) is 89.5 Å². The number of nitro groups is 1. The fourth-order valence-electron chi connectivity index (χ4n) is 2.75. The Hall–Kier alpha value is -1.95. The molecule has 2 N–H and O–H groups in total. The molecule has 0 bridgehead atoms. The van der Waals surface area contributed by atoms with E-state index in [1.54, 1.807) is 6.92 Å². The van der Waals surface area contributed by atoms with Crippen molar-refractivity contribution in [3.63, 3.8) is 0 Å². The van der Waals surface area contributed by atoms with Gasteiger partial charge >= 0.3 is 0 Å². The average molecular weight is 277 g/mol. The van der Waals surface area contributed by atoms with Gasteiger partial charge in [-0.15, -0.1) is 0 Å². The smallest absolute Gasteiger partial charge is 0.269 e. The summed E-state index contributed by atoms with van der Waals surface area (Å²) in [6.45, 7) is 4.97. The van der Waals surface area contributed by atoms with Gasteiger partial charge in [0, 0.05) is 30.3 Å². The Labute approximate surface area is 117 Å². The highest BCUT2D eigenvalue weighted by molar-refractivity contribution is 5.96. The van der Waals surface area contributed by atoms with Gasteiger partial charge in [0.15, 0.2) is 0 Å². The highest BCUT2D eigenvalue weighted by Gasteiger charge is 2.32. The summed E-state index contributed by atoms with van der Waals surface area (Å²) in [5.74, 6) is 0.271. The zero-order chi connectivity index (χ0) is 14.9. The average Bonchev–Trinajstić information content (AvgIpc) is 2.79. The summed E-state index contributed by atoms with van der Waals surface area (Å²) < 4.78 is 0. The highest BCUT2D eigenvalue weighted by Crippen LogP contribution is 2.26. The molecule has 0 spiro atoms. The number of carbonyl (C=O) groups is 1. The van der Waals surface area contributed by atoms with E-state index in [1.165, 1.54) is 18.2 Å². The van der Waals surface area contributed by atoms with Crippen molar-refractivity contribution in [3.8, 4) is 0 Å². The molecule has 108 valence electrons. The fraction of sp³-hybridized carbons (Fsp3) is 0.500. The van der Waals surface area contributed by atoms with Gasteiger partial charge in [0.05, 0.1) is 4.92 Å². The number of hydrogen-bond acceptors (Lipinski definition) is 4. The maximum absolute atomic E-state index is 12.5. The van der Waals surface area contributed by atoms with Gasteiger partial charge in [-0.3, -0.25) is 14.9 Å². The summed E-state index contributed by atoms with van der Waals surface area (Å²) >= 11 is 0. The molecule has 20 heavy (non-hydrogen) atoms. The van der Waals surface area contributed by atoms with Crippen molar-refractivity contribution in [2.75, 3.05) is 13.1 Å². The molecule has 2 atom stereocenters. The van der Waals surface area contributed by atoms with E-state index in [0.29, 0.717) is 30.1 Å². The molecule has 2 unspecified atom stereocenters. The van der Waals surface area contributed by atoms with Crippen molar-refractivity contribution in [1.82, 2.24) is 4.90 Å². The number of nitro benzene ring substituents is 1. The molecule has 1 aliphatic rings. The molecule has 1 heterocycles. The molecular formula is C14H19N3O3. The van der Waals surface area contributed by atoms with E-state index >= 15 is 0 Å². The molecule has 1 aromatic rings. The number of amides is 1. The van der Waals surface area contributed by atoms with Crippen molar-refractivity contribution in [2.45, 2.75) is 26.3 Å². The van der Waals surface area contributed by atoms with Gasteiger partial charge < -0.3 is 10.6 Å². The Morgan fingerprint density at radius 1 is 1.55 bits per heavy atom. The summed E-state index contributed by atoms with van der Waals surface area (Å²) in [4.78, 5) is 24.6. The molecule has 1 fully saturated rings. The van der Waals surface area contributed by atoms with Crippen LogP contribution in [0, 0.1) is 23.0 Å². The van der Waals surface area contributed by atoms with E-state index in [-0.39, 0.29) is 17.6 Å². The first-order valence-electron chi connectivity index (χ1n) is 6.70. The van der Waals surface area contributed by atoms with E-state index in [2.05, 4.69) is 0 Å². The first kappa shape index (κ1) is 14.5. The van der Waals surface area contributed by atoms with Crippen LogP contribution in [0.3, 0.4) is 0 Å². The zero-order valence-corrected chi connectivity index (χ0v) is 11.7. The molecular weight excluding hydrogens is 258 g/mol. The number of aryl methyl sites for hydroxylation is 1. The van der Waals surface area contributed by atoms with Gasteiger partial charge in [0.1, 0.15) is 0 Å². The van der Waals surface area contributed by atoms with Gasteiger partial charge in [-0.1, -0.05) is 0 Å². The SMILES string of the molecule is Cc1cc([N+](=O)[O-])ccc1C(=O)N1CC(CN)CC1C. The molecule has 1 aromatic carbocycles. The maximum Gasteiger partial charge on any atom is 0.269 e. The standard InChI is InChI=1S/C14H19N3O3/c1-9-5-12(17(19)20)3-4-13(9)14(18)16-8-11(7-15)6-10(16)2/h3-5,10-11H,6-8,15H2,1-2H3. The number of carbonyl (C=O) groups excluding carboxylic acids is 1. The molecule has 1 aliphatic heterocycles. The summed E-state index contributed by atoms with van der Waals surface area (Å²) in [7, 11) is 0. The van der Waals surface area contributed by atoms with Gasteiger partial charge in [-0.05, 0) is 44.4 Å². The number of nitrogens with zero attached hydrogens (tertiary/aromatic N) is 2. The first-order valence-corrected chi connectivity index (χ1v) is 6.70. The third-order valence-corrected chi connectivity index (χ3v) is 3.91. The van der Waals surface area contributed by atoms with E-state index in [0.717, 1.165) is 6.42 Å². The highest BCUT2D eigenvalue weighted by atomic mass is 16.6. The Balaban J connectivity index is 2.23. The molecule has 0 aromatic heterocycles. The Bertz CT molecular complexity index is 544.